The summed E-state index contributed by atoms with van der Waals surface area (Å²) in [6.07, 6.45) is -1.88. The molecule has 5 nitrogen and oxygen atoms in total. The van der Waals surface area contributed by atoms with E-state index in [9.17, 15) is 14.3 Å². The third-order valence-corrected chi connectivity index (χ3v) is 1.80. The molecule has 0 heterocycles. The summed E-state index contributed by atoms with van der Waals surface area (Å²) >= 11 is 0. The first-order valence-electron chi connectivity index (χ1n) is 3.94. The Morgan fingerprint density at radius 3 is 2.53 bits per heavy atom. The van der Waals surface area contributed by atoms with E-state index in [1.165, 1.54) is 0 Å². The number of methoxy groups -OCH3 is 1. The Hall–Kier alpha value is -1.82. The SMILES string of the molecule is COc1c(O)cc(C(O)C(=O)O)cc1F. The average Bonchev–Trinajstić information content (AvgIpc) is 2.15. The summed E-state index contributed by atoms with van der Waals surface area (Å²) in [7, 11) is 1.16. The first kappa shape index (κ1) is 11.3. The third kappa shape index (κ3) is 2.16. The Bertz CT molecular complexity index is 367. The van der Waals surface area contributed by atoms with Gasteiger partial charge in [-0.15, -0.1) is 0 Å². The van der Waals surface area contributed by atoms with Crippen LogP contribution in [0, 0.1) is 5.82 Å². The third-order valence-electron chi connectivity index (χ3n) is 1.80. The summed E-state index contributed by atoms with van der Waals surface area (Å²) in [5.74, 6) is -3.42. The number of benzene rings is 1. The van der Waals surface area contributed by atoms with Gasteiger partial charge in [-0.2, -0.15) is 0 Å². The quantitative estimate of drug-likeness (QED) is 0.690. The topological polar surface area (TPSA) is 87.0 Å². The van der Waals surface area contributed by atoms with E-state index in [0.717, 1.165) is 19.2 Å². The molecule has 1 unspecified atom stereocenters. The van der Waals surface area contributed by atoms with Crippen LogP contribution in [0.3, 0.4) is 0 Å². The number of carbonyl (C=O) groups is 1. The van der Waals surface area contributed by atoms with E-state index < -0.39 is 29.4 Å². The van der Waals surface area contributed by atoms with E-state index in [0.29, 0.717) is 0 Å². The zero-order valence-electron chi connectivity index (χ0n) is 7.77. The molecule has 0 aromatic heterocycles. The second-order valence-electron chi connectivity index (χ2n) is 2.80. The highest BCUT2D eigenvalue weighted by molar-refractivity contribution is 5.74. The first-order valence-corrected chi connectivity index (χ1v) is 3.94. The van der Waals surface area contributed by atoms with Crippen LogP contribution < -0.4 is 4.74 Å². The van der Waals surface area contributed by atoms with Crippen LogP contribution in [-0.2, 0) is 4.79 Å². The normalized spacial score (nSPS) is 12.2. The molecule has 0 fully saturated rings. The number of carboxylic acids is 1. The molecule has 1 aromatic carbocycles. The van der Waals surface area contributed by atoms with E-state index in [1.54, 1.807) is 0 Å². The molecule has 6 heteroatoms. The van der Waals surface area contributed by atoms with Gasteiger partial charge in [0.05, 0.1) is 7.11 Å². The standard InChI is InChI=1S/C9H9FO5/c1-15-8-5(10)2-4(3-6(8)11)7(12)9(13)14/h2-3,7,11-12H,1H3,(H,13,14). The molecule has 0 saturated carbocycles. The van der Waals surface area contributed by atoms with E-state index in [2.05, 4.69) is 4.74 Å². The van der Waals surface area contributed by atoms with Crippen LogP contribution in [0.25, 0.3) is 0 Å². The number of carboxylic acid groups (broad SMARTS) is 1. The largest absolute Gasteiger partial charge is 0.504 e. The Labute approximate surface area is 84.3 Å². The maximum absolute atomic E-state index is 13.1. The van der Waals surface area contributed by atoms with Gasteiger partial charge in [-0.05, 0) is 17.7 Å². The van der Waals surface area contributed by atoms with Crippen molar-refractivity contribution < 1.29 is 29.2 Å². The molecule has 0 aliphatic carbocycles. The van der Waals surface area contributed by atoms with Gasteiger partial charge in [-0.1, -0.05) is 0 Å². The highest BCUT2D eigenvalue weighted by Gasteiger charge is 2.20. The average molecular weight is 216 g/mol. The molecule has 0 spiro atoms. The van der Waals surface area contributed by atoms with Crippen molar-refractivity contribution >= 4 is 5.97 Å². The first-order chi connectivity index (χ1) is 6.97. The van der Waals surface area contributed by atoms with Gasteiger partial charge < -0.3 is 20.1 Å². The molecule has 1 rings (SSSR count). The number of hydrogen-bond donors (Lipinski definition) is 3. The van der Waals surface area contributed by atoms with Crippen molar-refractivity contribution in [2.24, 2.45) is 0 Å². The molecule has 0 aliphatic rings. The number of phenols is 1. The van der Waals surface area contributed by atoms with Gasteiger partial charge in [-0.3, -0.25) is 0 Å². The fraction of sp³-hybridized carbons (Fsp3) is 0.222. The minimum Gasteiger partial charge on any atom is -0.504 e. The van der Waals surface area contributed by atoms with Crippen molar-refractivity contribution in [2.45, 2.75) is 6.10 Å². The molecule has 0 saturated heterocycles. The Kier molecular flexibility index (Phi) is 3.11. The zero-order chi connectivity index (χ0) is 11.6. The second-order valence-corrected chi connectivity index (χ2v) is 2.80. The van der Waals surface area contributed by atoms with Crippen molar-refractivity contribution in [3.05, 3.63) is 23.5 Å². The van der Waals surface area contributed by atoms with E-state index in [-0.39, 0.29) is 5.56 Å². The number of aromatic hydroxyl groups is 1. The van der Waals surface area contributed by atoms with Crippen LogP contribution in [0.2, 0.25) is 0 Å². The van der Waals surface area contributed by atoms with Crippen LogP contribution in [0.15, 0.2) is 12.1 Å². The Morgan fingerprint density at radius 2 is 2.13 bits per heavy atom. The summed E-state index contributed by atoms with van der Waals surface area (Å²) in [6.45, 7) is 0. The van der Waals surface area contributed by atoms with Crippen molar-refractivity contribution in [2.75, 3.05) is 7.11 Å². The second kappa shape index (κ2) is 4.14. The van der Waals surface area contributed by atoms with Gasteiger partial charge in [0.2, 0.25) is 0 Å². The lowest BCUT2D eigenvalue weighted by molar-refractivity contribution is -0.146. The van der Waals surface area contributed by atoms with Gasteiger partial charge in [0.1, 0.15) is 0 Å². The zero-order valence-corrected chi connectivity index (χ0v) is 7.77. The maximum atomic E-state index is 13.1. The summed E-state index contributed by atoms with van der Waals surface area (Å²) in [6, 6.07) is 1.72. The lowest BCUT2D eigenvalue weighted by atomic mass is 10.1. The van der Waals surface area contributed by atoms with Gasteiger partial charge in [0.25, 0.3) is 0 Å². The Morgan fingerprint density at radius 1 is 1.53 bits per heavy atom. The number of aliphatic hydroxyl groups excluding tert-OH is 1. The number of hydrogen-bond acceptors (Lipinski definition) is 4. The minimum absolute atomic E-state index is 0.252. The predicted octanol–water partition coefficient (Wildman–Crippen LogP) is 0.658. The molecule has 0 bridgehead atoms. The number of aliphatic carboxylic acids is 1. The van der Waals surface area contributed by atoms with E-state index in [4.69, 9.17) is 10.2 Å². The van der Waals surface area contributed by atoms with Crippen LogP contribution in [0.4, 0.5) is 4.39 Å². The van der Waals surface area contributed by atoms with Crippen molar-refractivity contribution in [3.63, 3.8) is 0 Å². The van der Waals surface area contributed by atoms with Crippen LogP contribution in [0.1, 0.15) is 11.7 Å². The predicted molar refractivity (Wildman–Crippen MR) is 47.2 cm³/mol. The highest BCUT2D eigenvalue weighted by Crippen LogP contribution is 2.32. The summed E-state index contributed by atoms with van der Waals surface area (Å²) in [5.41, 5.74) is -0.252. The molecule has 3 N–H and O–H groups in total. The van der Waals surface area contributed by atoms with Crippen molar-refractivity contribution in [1.29, 1.82) is 0 Å². The number of phenolic OH excluding ortho intramolecular Hbond substituents is 1. The number of ether oxygens (including phenoxy) is 1. The number of aliphatic hydroxyl groups is 1. The molecule has 0 amide bonds. The molecule has 15 heavy (non-hydrogen) atoms. The van der Waals surface area contributed by atoms with E-state index in [1.807, 2.05) is 0 Å². The summed E-state index contributed by atoms with van der Waals surface area (Å²) in [5, 5.41) is 26.8. The summed E-state index contributed by atoms with van der Waals surface area (Å²) in [4.78, 5) is 10.4. The molecule has 1 atom stereocenters. The van der Waals surface area contributed by atoms with Crippen LogP contribution >= 0.6 is 0 Å². The van der Waals surface area contributed by atoms with Gasteiger partial charge in [0.15, 0.2) is 23.4 Å². The minimum atomic E-state index is -1.88. The lowest BCUT2D eigenvalue weighted by Gasteiger charge is -2.09. The molecular formula is C9H9FO5. The Balaban J connectivity index is 3.19. The monoisotopic (exact) mass is 216 g/mol. The molecular weight excluding hydrogens is 207 g/mol. The highest BCUT2D eigenvalue weighted by atomic mass is 19.1. The van der Waals surface area contributed by atoms with Crippen molar-refractivity contribution in [1.82, 2.24) is 0 Å². The van der Waals surface area contributed by atoms with Crippen LogP contribution in [0.5, 0.6) is 11.5 Å². The smallest absolute Gasteiger partial charge is 0.337 e. The number of rotatable bonds is 3. The number of halogens is 1. The fourth-order valence-corrected chi connectivity index (χ4v) is 1.10. The molecule has 0 aliphatic heterocycles. The molecule has 0 radical (unpaired) electrons. The van der Waals surface area contributed by atoms with Crippen molar-refractivity contribution in [3.8, 4) is 11.5 Å². The van der Waals surface area contributed by atoms with Gasteiger partial charge in [-0.25, -0.2) is 9.18 Å². The fourth-order valence-electron chi connectivity index (χ4n) is 1.10. The van der Waals surface area contributed by atoms with E-state index >= 15 is 0 Å². The summed E-state index contributed by atoms with van der Waals surface area (Å²) < 4.78 is 17.7. The maximum Gasteiger partial charge on any atom is 0.337 e. The molecule has 1 aromatic rings. The van der Waals surface area contributed by atoms with Gasteiger partial charge >= 0.3 is 5.97 Å². The molecule has 82 valence electrons. The lowest BCUT2D eigenvalue weighted by Crippen LogP contribution is -2.10. The van der Waals surface area contributed by atoms with Crippen LogP contribution in [-0.4, -0.2) is 28.4 Å². The van der Waals surface area contributed by atoms with Gasteiger partial charge in [0, 0.05) is 0 Å².